The Morgan fingerprint density at radius 1 is 1.30 bits per heavy atom. The molecule has 1 unspecified atom stereocenters. The normalized spacial score (nSPS) is 14.1. The van der Waals surface area contributed by atoms with Gasteiger partial charge in [0.25, 0.3) is 0 Å². The minimum atomic E-state index is 0.466. The first-order valence-electron chi connectivity index (χ1n) is 3.93. The largest absolute Gasteiger partial charge is 0.252 e. The average Bonchev–Trinajstić information content (AvgIpc) is 1.82. The molecule has 0 fully saturated rings. The third kappa shape index (κ3) is 6.05. The van der Waals surface area contributed by atoms with Crippen LogP contribution in [0.25, 0.3) is 0 Å². The zero-order valence-corrected chi connectivity index (χ0v) is 7.13. The molecule has 2 nitrogen and oxygen atoms in total. The lowest BCUT2D eigenvalue weighted by molar-refractivity contribution is -0.244. The first kappa shape index (κ1) is 9.92. The van der Waals surface area contributed by atoms with E-state index in [1.807, 2.05) is 0 Å². The Morgan fingerprint density at radius 3 is 2.30 bits per heavy atom. The molecule has 1 atom stereocenters. The van der Waals surface area contributed by atoms with Gasteiger partial charge in [0, 0.05) is 0 Å². The molecule has 10 heavy (non-hydrogen) atoms. The molecule has 1 N–H and O–H groups in total. The first-order chi connectivity index (χ1) is 4.66. The van der Waals surface area contributed by atoms with E-state index in [1.165, 1.54) is 6.42 Å². The Balaban J connectivity index is 3.16. The number of hydrogen-bond acceptors (Lipinski definition) is 2. The summed E-state index contributed by atoms with van der Waals surface area (Å²) in [5.41, 5.74) is 0. The van der Waals surface area contributed by atoms with Gasteiger partial charge in [-0.2, -0.15) is 0 Å². The fourth-order valence-electron chi connectivity index (χ4n) is 1.18. The van der Waals surface area contributed by atoms with Crippen LogP contribution in [0.3, 0.4) is 0 Å². The Hall–Kier alpha value is -0.0800. The fraction of sp³-hybridized carbons (Fsp3) is 1.00. The molecule has 0 rings (SSSR count). The van der Waals surface area contributed by atoms with Crippen molar-refractivity contribution in [2.75, 3.05) is 6.61 Å². The van der Waals surface area contributed by atoms with Crippen molar-refractivity contribution in [3.8, 4) is 0 Å². The van der Waals surface area contributed by atoms with Crippen molar-refractivity contribution in [2.24, 2.45) is 11.8 Å². The van der Waals surface area contributed by atoms with Crippen molar-refractivity contribution in [3.63, 3.8) is 0 Å². The summed E-state index contributed by atoms with van der Waals surface area (Å²) in [6.07, 6.45) is 2.16. The van der Waals surface area contributed by atoms with E-state index in [9.17, 15) is 0 Å². The molecule has 0 bridgehead atoms. The summed E-state index contributed by atoms with van der Waals surface area (Å²) in [7, 11) is 0. The van der Waals surface area contributed by atoms with Crippen LogP contribution >= 0.6 is 0 Å². The summed E-state index contributed by atoms with van der Waals surface area (Å²) in [5, 5.41) is 8.05. The second-order valence-corrected chi connectivity index (χ2v) is 3.36. The molecular formula is C8H18O2. The van der Waals surface area contributed by atoms with E-state index in [4.69, 9.17) is 5.26 Å². The molecule has 62 valence electrons. The monoisotopic (exact) mass is 146 g/mol. The molecule has 0 amide bonds. The summed E-state index contributed by atoms with van der Waals surface area (Å²) >= 11 is 0. The zero-order chi connectivity index (χ0) is 7.98. The predicted molar refractivity (Wildman–Crippen MR) is 41.8 cm³/mol. The van der Waals surface area contributed by atoms with E-state index >= 15 is 0 Å². The minimum absolute atomic E-state index is 0.466. The average molecular weight is 146 g/mol. The van der Waals surface area contributed by atoms with E-state index < -0.39 is 0 Å². The van der Waals surface area contributed by atoms with Gasteiger partial charge in [0.05, 0.1) is 6.61 Å². The van der Waals surface area contributed by atoms with E-state index in [0.717, 1.165) is 12.3 Å². The van der Waals surface area contributed by atoms with Crippen molar-refractivity contribution in [1.29, 1.82) is 0 Å². The van der Waals surface area contributed by atoms with Crippen LogP contribution in [-0.2, 0) is 4.89 Å². The standard InChI is InChI=1S/C8H18O2/c1-7(2)6-8(3)4-5-10-9/h7-9H,4-6H2,1-3H3. The van der Waals surface area contributed by atoms with Crippen molar-refractivity contribution < 1.29 is 10.1 Å². The SMILES string of the molecule is CC(C)CC(C)CCOO. The van der Waals surface area contributed by atoms with Crippen LogP contribution in [0.4, 0.5) is 0 Å². The van der Waals surface area contributed by atoms with Gasteiger partial charge in [0.15, 0.2) is 0 Å². The predicted octanol–water partition coefficient (Wildman–Crippen LogP) is 2.55. The molecule has 0 saturated carbocycles. The number of rotatable bonds is 5. The highest BCUT2D eigenvalue weighted by Gasteiger charge is 2.03. The third-order valence-corrected chi connectivity index (χ3v) is 1.58. The molecule has 0 aromatic heterocycles. The van der Waals surface area contributed by atoms with Crippen molar-refractivity contribution in [3.05, 3.63) is 0 Å². The van der Waals surface area contributed by atoms with Gasteiger partial charge in [0.1, 0.15) is 0 Å². The van der Waals surface area contributed by atoms with Gasteiger partial charge < -0.3 is 0 Å². The minimum Gasteiger partial charge on any atom is -0.252 e. The van der Waals surface area contributed by atoms with Gasteiger partial charge in [-0.05, 0) is 24.7 Å². The molecule has 0 saturated heterocycles. The topological polar surface area (TPSA) is 29.5 Å². The van der Waals surface area contributed by atoms with Crippen LogP contribution < -0.4 is 0 Å². The maximum Gasteiger partial charge on any atom is 0.0822 e. The lowest BCUT2D eigenvalue weighted by Crippen LogP contribution is -2.03. The maximum atomic E-state index is 8.05. The van der Waals surface area contributed by atoms with E-state index in [0.29, 0.717) is 12.5 Å². The van der Waals surface area contributed by atoms with Crippen molar-refractivity contribution >= 4 is 0 Å². The van der Waals surface area contributed by atoms with Gasteiger partial charge in [-0.1, -0.05) is 20.8 Å². The molecule has 0 spiro atoms. The molecular weight excluding hydrogens is 128 g/mol. The van der Waals surface area contributed by atoms with Gasteiger partial charge in [0.2, 0.25) is 0 Å². The lowest BCUT2D eigenvalue weighted by Gasteiger charge is -2.11. The van der Waals surface area contributed by atoms with Crippen molar-refractivity contribution in [1.82, 2.24) is 0 Å². The van der Waals surface area contributed by atoms with Crippen LogP contribution in [0.2, 0.25) is 0 Å². The van der Waals surface area contributed by atoms with Crippen LogP contribution in [0, 0.1) is 11.8 Å². The van der Waals surface area contributed by atoms with Crippen LogP contribution in [0.5, 0.6) is 0 Å². The van der Waals surface area contributed by atoms with E-state index in [1.54, 1.807) is 0 Å². The molecule has 2 heteroatoms. The highest BCUT2D eigenvalue weighted by molar-refractivity contribution is 4.54. The van der Waals surface area contributed by atoms with E-state index in [2.05, 4.69) is 25.7 Å². The van der Waals surface area contributed by atoms with Crippen LogP contribution in [0.1, 0.15) is 33.6 Å². The quantitative estimate of drug-likeness (QED) is 0.477. The summed E-state index contributed by atoms with van der Waals surface area (Å²) in [6, 6.07) is 0. The highest BCUT2D eigenvalue weighted by atomic mass is 17.1. The summed E-state index contributed by atoms with van der Waals surface area (Å²) in [4.78, 5) is 3.99. The van der Waals surface area contributed by atoms with Crippen LogP contribution in [-0.4, -0.2) is 11.9 Å². The third-order valence-electron chi connectivity index (χ3n) is 1.58. The molecule has 0 heterocycles. The molecule has 0 aliphatic heterocycles. The van der Waals surface area contributed by atoms with Gasteiger partial charge in [-0.25, -0.2) is 4.89 Å². The second kappa shape index (κ2) is 5.69. The molecule has 0 aliphatic rings. The number of hydrogen-bond donors (Lipinski definition) is 1. The van der Waals surface area contributed by atoms with Gasteiger partial charge in [-0.3, -0.25) is 5.26 Å². The Morgan fingerprint density at radius 2 is 1.90 bits per heavy atom. The second-order valence-electron chi connectivity index (χ2n) is 3.36. The maximum absolute atomic E-state index is 8.05. The van der Waals surface area contributed by atoms with Crippen LogP contribution in [0.15, 0.2) is 0 Å². The first-order valence-corrected chi connectivity index (χ1v) is 3.93. The zero-order valence-electron chi connectivity index (χ0n) is 7.13. The summed E-state index contributed by atoms with van der Waals surface area (Å²) in [6.45, 7) is 7.06. The Labute approximate surface area is 63.1 Å². The molecule has 0 aromatic rings. The fourth-order valence-corrected chi connectivity index (χ4v) is 1.18. The van der Waals surface area contributed by atoms with E-state index in [-0.39, 0.29) is 0 Å². The molecule has 0 radical (unpaired) electrons. The molecule has 0 aliphatic carbocycles. The summed E-state index contributed by atoms with van der Waals surface area (Å²) in [5.74, 6) is 1.40. The van der Waals surface area contributed by atoms with Gasteiger partial charge in [-0.15, -0.1) is 0 Å². The lowest BCUT2D eigenvalue weighted by atomic mass is 9.96. The highest BCUT2D eigenvalue weighted by Crippen LogP contribution is 2.13. The summed E-state index contributed by atoms with van der Waals surface area (Å²) < 4.78 is 0. The van der Waals surface area contributed by atoms with Crippen molar-refractivity contribution in [2.45, 2.75) is 33.6 Å². The molecule has 0 aromatic carbocycles. The Bertz CT molecular complexity index is 71.7. The Kier molecular flexibility index (Phi) is 5.64. The van der Waals surface area contributed by atoms with Gasteiger partial charge >= 0.3 is 0 Å². The smallest absolute Gasteiger partial charge is 0.0822 e.